The van der Waals surface area contributed by atoms with Gasteiger partial charge in [0.1, 0.15) is 0 Å². The second-order valence-corrected chi connectivity index (χ2v) is 11.1. The minimum atomic E-state index is -3.05. The Balaban J connectivity index is 1.55. The largest absolute Gasteiger partial charge is 0.372 e. The highest BCUT2D eigenvalue weighted by Crippen LogP contribution is 2.21. The van der Waals surface area contributed by atoms with E-state index in [2.05, 4.69) is 55.1 Å². The van der Waals surface area contributed by atoms with Gasteiger partial charge in [0.05, 0.1) is 23.2 Å². The van der Waals surface area contributed by atoms with Gasteiger partial charge < -0.3 is 9.64 Å². The molecule has 0 unspecified atom stereocenters. The topological polar surface area (TPSA) is 46.6 Å². The first-order valence-electron chi connectivity index (χ1n) is 10.5. The molecule has 0 radical (unpaired) electrons. The number of benzene rings is 2. The van der Waals surface area contributed by atoms with Crippen molar-refractivity contribution in [2.45, 2.75) is 63.7 Å². The van der Waals surface area contributed by atoms with Gasteiger partial charge in [0, 0.05) is 18.8 Å². The first-order chi connectivity index (χ1) is 13.7. The molecule has 3 rings (SSSR count). The van der Waals surface area contributed by atoms with Gasteiger partial charge in [-0.15, -0.1) is 0 Å². The van der Waals surface area contributed by atoms with Crippen molar-refractivity contribution in [2.24, 2.45) is 0 Å². The third-order valence-electron chi connectivity index (χ3n) is 5.53. The van der Waals surface area contributed by atoms with Crippen LogP contribution in [-0.2, 0) is 33.2 Å². The minimum Gasteiger partial charge on any atom is -0.372 e. The van der Waals surface area contributed by atoms with Crippen LogP contribution in [-0.4, -0.2) is 39.0 Å². The first kappa shape index (κ1) is 21.8. The summed E-state index contributed by atoms with van der Waals surface area (Å²) in [5.41, 5.74) is 4.66. The SMILES string of the molecule is CC(C)S(=O)(=O)Cc1ccc(CCc2ccc(N3C[C@@H](C)O[C@H](C)C3)cc2)cc1. The summed E-state index contributed by atoms with van der Waals surface area (Å²) < 4.78 is 29.9. The number of nitrogens with zero attached hydrogens (tertiary/aromatic N) is 1. The Kier molecular flexibility index (Phi) is 7.01. The van der Waals surface area contributed by atoms with Crippen molar-refractivity contribution in [3.63, 3.8) is 0 Å². The number of anilines is 1. The van der Waals surface area contributed by atoms with Crippen molar-refractivity contribution < 1.29 is 13.2 Å². The van der Waals surface area contributed by atoms with E-state index in [0.29, 0.717) is 0 Å². The lowest BCUT2D eigenvalue weighted by Gasteiger charge is -2.36. The Morgan fingerprint density at radius 3 is 1.79 bits per heavy atom. The van der Waals surface area contributed by atoms with Crippen LogP contribution in [0.2, 0.25) is 0 Å². The normalized spacial score (nSPS) is 20.2. The molecule has 0 spiro atoms. The Bertz CT molecular complexity index is 879. The maximum Gasteiger partial charge on any atom is 0.156 e. The summed E-state index contributed by atoms with van der Waals surface area (Å²) in [5, 5.41) is -0.339. The molecule has 4 nitrogen and oxygen atoms in total. The van der Waals surface area contributed by atoms with Gasteiger partial charge in [0.2, 0.25) is 0 Å². The van der Waals surface area contributed by atoms with Gasteiger partial charge in [-0.25, -0.2) is 8.42 Å². The maximum atomic E-state index is 12.1. The summed E-state index contributed by atoms with van der Waals surface area (Å²) >= 11 is 0. The third-order valence-corrected chi connectivity index (χ3v) is 7.70. The van der Waals surface area contributed by atoms with Crippen LogP contribution in [0.25, 0.3) is 0 Å². The summed E-state index contributed by atoms with van der Waals surface area (Å²) in [6.07, 6.45) is 2.44. The average Bonchev–Trinajstić information content (AvgIpc) is 2.67. The molecule has 158 valence electrons. The predicted octanol–water partition coefficient (Wildman–Crippen LogP) is 4.41. The lowest BCUT2D eigenvalue weighted by Crippen LogP contribution is -2.45. The molecular formula is C24H33NO3S. The Labute approximate surface area is 175 Å². The number of ether oxygens (including phenoxy) is 1. The molecule has 1 aliphatic rings. The van der Waals surface area contributed by atoms with E-state index in [1.165, 1.54) is 16.8 Å². The molecule has 5 heteroatoms. The van der Waals surface area contributed by atoms with E-state index in [1.807, 2.05) is 12.1 Å². The van der Waals surface area contributed by atoms with Crippen molar-refractivity contribution in [1.82, 2.24) is 0 Å². The lowest BCUT2D eigenvalue weighted by molar-refractivity contribution is -0.00521. The van der Waals surface area contributed by atoms with Crippen LogP contribution in [0.1, 0.15) is 44.4 Å². The van der Waals surface area contributed by atoms with Crippen LogP contribution in [0.15, 0.2) is 48.5 Å². The molecule has 1 saturated heterocycles. The molecular weight excluding hydrogens is 382 g/mol. The highest BCUT2D eigenvalue weighted by molar-refractivity contribution is 7.91. The number of morpholine rings is 1. The zero-order chi connectivity index (χ0) is 21.0. The smallest absolute Gasteiger partial charge is 0.156 e. The van der Waals surface area contributed by atoms with Gasteiger partial charge in [0.25, 0.3) is 0 Å². The van der Waals surface area contributed by atoms with Crippen molar-refractivity contribution in [2.75, 3.05) is 18.0 Å². The van der Waals surface area contributed by atoms with E-state index in [9.17, 15) is 8.42 Å². The summed E-state index contributed by atoms with van der Waals surface area (Å²) in [4.78, 5) is 2.40. The van der Waals surface area contributed by atoms with E-state index in [4.69, 9.17) is 4.74 Å². The van der Waals surface area contributed by atoms with Gasteiger partial charge in [-0.1, -0.05) is 36.4 Å². The van der Waals surface area contributed by atoms with Gasteiger partial charge in [-0.2, -0.15) is 0 Å². The fraction of sp³-hybridized carbons (Fsp3) is 0.500. The van der Waals surface area contributed by atoms with Crippen LogP contribution >= 0.6 is 0 Å². The zero-order valence-corrected chi connectivity index (χ0v) is 18.8. The predicted molar refractivity (Wildman–Crippen MR) is 120 cm³/mol. The molecule has 0 bridgehead atoms. The fourth-order valence-electron chi connectivity index (χ4n) is 3.75. The Hall–Kier alpha value is -1.85. The van der Waals surface area contributed by atoms with E-state index in [0.717, 1.165) is 31.5 Å². The molecule has 0 saturated carbocycles. The second-order valence-electron chi connectivity index (χ2n) is 8.50. The van der Waals surface area contributed by atoms with E-state index in [-0.39, 0.29) is 23.2 Å². The van der Waals surface area contributed by atoms with Gasteiger partial charge >= 0.3 is 0 Å². The molecule has 1 fully saturated rings. The summed E-state index contributed by atoms with van der Waals surface area (Å²) in [7, 11) is -3.05. The van der Waals surface area contributed by atoms with Crippen molar-refractivity contribution in [3.05, 3.63) is 65.2 Å². The molecule has 29 heavy (non-hydrogen) atoms. The number of hydrogen-bond acceptors (Lipinski definition) is 4. The fourth-order valence-corrected chi connectivity index (χ4v) is 4.74. The average molecular weight is 416 g/mol. The second kappa shape index (κ2) is 9.31. The minimum absolute atomic E-state index is 0.116. The number of aryl methyl sites for hydroxylation is 2. The molecule has 0 aliphatic carbocycles. The van der Waals surface area contributed by atoms with Crippen molar-refractivity contribution in [1.29, 1.82) is 0 Å². The number of hydrogen-bond donors (Lipinski definition) is 0. The summed E-state index contributed by atoms with van der Waals surface area (Å²) in [6.45, 7) is 9.58. The van der Waals surface area contributed by atoms with E-state index >= 15 is 0 Å². The highest BCUT2D eigenvalue weighted by atomic mass is 32.2. The quantitative estimate of drug-likeness (QED) is 0.672. The van der Waals surface area contributed by atoms with Gasteiger partial charge in [-0.05, 0) is 69.4 Å². The summed E-state index contributed by atoms with van der Waals surface area (Å²) in [6, 6.07) is 16.8. The Morgan fingerprint density at radius 2 is 1.31 bits per heavy atom. The maximum absolute atomic E-state index is 12.1. The van der Waals surface area contributed by atoms with Crippen molar-refractivity contribution in [3.8, 4) is 0 Å². The molecule has 2 aromatic carbocycles. The first-order valence-corrected chi connectivity index (χ1v) is 12.2. The van der Waals surface area contributed by atoms with E-state index < -0.39 is 9.84 Å². The molecule has 0 N–H and O–H groups in total. The number of rotatable bonds is 7. The monoisotopic (exact) mass is 415 g/mol. The highest BCUT2D eigenvalue weighted by Gasteiger charge is 2.22. The standard InChI is InChI=1S/C24H33NO3S/c1-18(2)29(26,27)17-23-9-7-21(8-10-23)5-6-22-11-13-24(14-12-22)25-15-19(3)28-20(4)16-25/h7-14,18-20H,5-6,15-17H2,1-4H3/t19-,20-/m1/s1. The third kappa shape index (κ3) is 6.06. The number of sulfone groups is 1. The molecule has 1 heterocycles. The Morgan fingerprint density at radius 1 is 0.862 bits per heavy atom. The van der Waals surface area contributed by atoms with Crippen LogP contribution in [0.5, 0.6) is 0 Å². The van der Waals surface area contributed by atoms with Crippen LogP contribution in [0.4, 0.5) is 5.69 Å². The van der Waals surface area contributed by atoms with Gasteiger partial charge in [0.15, 0.2) is 9.84 Å². The van der Waals surface area contributed by atoms with Crippen molar-refractivity contribution >= 4 is 15.5 Å². The van der Waals surface area contributed by atoms with Gasteiger partial charge in [-0.3, -0.25) is 0 Å². The van der Waals surface area contributed by atoms with Crippen LogP contribution < -0.4 is 4.90 Å². The summed E-state index contributed by atoms with van der Waals surface area (Å²) in [5.74, 6) is 0.116. The lowest BCUT2D eigenvalue weighted by atomic mass is 10.0. The molecule has 2 aromatic rings. The molecule has 1 aliphatic heterocycles. The molecule has 2 atom stereocenters. The van der Waals surface area contributed by atoms with Crippen LogP contribution in [0.3, 0.4) is 0 Å². The molecule has 0 amide bonds. The molecule has 0 aromatic heterocycles. The van der Waals surface area contributed by atoms with E-state index in [1.54, 1.807) is 13.8 Å². The zero-order valence-electron chi connectivity index (χ0n) is 18.0. The van der Waals surface area contributed by atoms with Crippen LogP contribution in [0, 0.1) is 0 Å².